The molecule has 0 atom stereocenters. The molecule has 7 N–H and O–H groups in total. The Bertz CT molecular complexity index is 1990. The minimum Gasteiger partial charge on any atom is -0.405 e. The molecule has 8 nitrogen and oxygen atoms in total. The molecule has 64 heavy (non-hydrogen) atoms. The van der Waals surface area contributed by atoms with Gasteiger partial charge in [-0.1, -0.05) is 134 Å². The minimum atomic E-state index is 0. The fraction of sp³-hybridized carbons (Fsp3) is 0.429. The smallest absolute Gasteiger partial charge is 0.126 e. The van der Waals surface area contributed by atoms with Crippen LogP contribution in [0.2, 0.25) is 0 Å². The van der Waals surface area contributed by atoms with Gasteiger partial charge in [-0.15, -0.1) is 26.0 Å². The van der Waals surface area contributed by atoms with Crippen LogP contribution < -0.4 is 16.8 Å². The van der Waals surface area contributed by atoms with Crippen molar-refractivity contribution >= 4 is 21.8 Å². The second-order valence-electron chi connectivity index (χ2n) is 13.6. The standard InChI is InChI=1S/C35H41N5.C5H11N.C3H7N.C2H5N.3C2H6.C2H4.C2H2.CH4/c1-5-8-10-33-36-21-32(38-33)27-13-15-28-24(18-27)11-12-25-20-30-26(19-29(25)28)14-16-31-35(30)39-34(37-31)22-40(17-7-3)23(4)9-6-2;1-3-5-6-4-2;1-3(2)4;1-2-3;5*1-2;/h13-16,18-21H,4-12,17,22H2,1-3H3,(H,36,38)(H,37,39);4,6H,2-3,5H2,1H3;1,4H2,2H3;2H,1,3H2;3*1-2H3;1-2H2;1-2H;1H4. The van der Waals surface area contributed by atoms with Gasteiger partial charge in [-0.3, -0.25) is 0 Å². The summed E-state index contributed by atoms with van der Waals surface area (Å²) >= 11 is 0. The molecule has 5 aromatic rings. The Morgan fingerprint density at radius 1 is 0.828 bits per heavy atom. The van der Waals surface area contributed by atoms with Gasteiger partial charge in [-0.2, -0.15) is 0 Å². The molecule has 0 aliphatic heterocycles. The summed E-state index contributed by atoms with van der Waals surface area (Å²) in [5.74, 6) is 2.10. The Morgan fingerprint density at radius 3 is 1.94 bits per heavy atom. The molecule has 1 aliphatic rings. The zero-order chi connectivity index (χ0) is 48.8. The van der Waals surface area contributed by atoms with Crippen LogP contribution in [0.4, 0.5) is 0 Å². The number of nitrogens with one attached hydrogen (secondary N) is 3. The average Bonchev–Trinajstić information content (AvgIpc) is 3.98. The maximum atomic E-state index is 5.12. The molecule has 2 heterocycles. The maximum Gasteiger partial charge on any atom is 0.126 e. The highest BCUT2D eigenvalue weighted by Gasteiger charge is 2.20. The van der Waals surface area contributed by atoms with E-state index >= 15 is 0 Å². The topological polar surface area (TPSA) is 125 Å². The van der Waals surface area contributed by atoms with Gasteiger partial charge in [0.15, 0.2) is 0 Å². The van der Waals surface area contributed by atoms with Gasteiger partial charge in [0, 0.05) is 30.6 Å². The molecule has 356 valence electrons. The molecule has 0 unspecified atom stereocenters. The van der Waals surface area contributed by atoms with Crippen molar-refractivity contribution in [3.8, 4) is 35.2 Å². The SMILES string of the molecule is C.C#C.C=C.C=C(C)N.C=C(CCC)N(CCC)Cc1nc2c(ccc3cc4c(cc32)CCc2cc(-c3cnc(CCCC)[nH]3)ccc2-4)[nH]1.C=CN.C=CNCCC.CC.CC.CC. The number of aromatic nitrogens is 4. The number of H-pyrrole nitrogens is 2. The number of terminal acetylenes is 1. The molecule has 0 bridgehead atoms. The third-order valence-electron chi connectivity index (χ3n) is 8.87. The van der Waals surface area contributed by atoms with Gasteiger partial charge in [-0.05, 0) is 121 Å². The van der Waals surface area contributed by atoms with Crippen LogP contribution in [0, 0.1) is 12.8 Å². The fourth-order valence-corrected chi connectivity index (χ4v) is 6.45. The van der Waals surface area contributed by atoms with Gasteiger partial charge in [0.2, 0.25) is 0 Å². The summed E-state index contributed by atoms with van der Waals surface area (Å²) in [4.78, 5) is 19.2. The van der Waals surface area contributed by atoms with Crippen molar-refractivity contribution in [2.24, 2.45) is 11.5 Å². The number of aryl methyl sites for hydroxylation is 3. The molecule has 0 saturated heterocycles. The maximum absolute atomic E-state index is 5.12. The lowest BCUT2D eigenvalue weighted by Gasteiger charge is -2.25. The minimum absolute atomic E-state index is 0. The van der Waals surface area contributed by atoms with Crippen LogP contribution >= 0.6 is 0 Å². The fourth-order valence-electron chi connectivity index (χ4n) is 6.45. The van der Waals surface area contributed by atoms with Gasteiger partial charge in [0.05, 0.1) is 29.5 Å². The van der Waals surface area contributed by atoms with Gasteiger partial charge in [0.25, 0.3) is 0 Å². The van der Waals surface area contributed by atoms with Gasteiger partial charge < -0.3 is 31.7 Å². The Kier molecular flexibility index (Phi) is 41.5. The summed E-state index contributed by atoms with van der Waals surface area (Å²) in [7, 11) is 0. The van der Waals surface area contributed by atoms with Crippen LogP contribution in [0.3, 0.4) is 0 Å². The molecule has 0 spiro atoms. The van der Waals surface area contributed by atoms with E-state index in [9.17, 15) is 0 Å². The molecule has 8 heteroatoms. The van der Waals surface area contributed by atoms with E-state index in [1.807, 2.05) is 47.7 Å². The molecule has 0 saturated carbocycles. The second-order valence-corrected chi connectivity index (χ2v) is 13.6. The van der Waals surface area contributed by atoms with E-state index in [4.69, 9.17) is 10.7 Å². The lowest BCUT2D eigenvalue weighted by Crippen LogP contribution is -2.23. The highest BCUT2D eigenvalue weighted by atomic mass is 15.2. The first-order valence-corrected chi connectivity index (χ1v) is 23.1. The molecule has 2 aromatic heterocycles. The summed E-state index contributed by atoms with van der Waals surface area (Å²) in [5.41, 5.74) is 21.5. The highest BCUT2D eigenvalue weighted by Crippen LogP contribution is 2.39. The number of unbranched alkanes of at least 4 members (excludes halogenated alkanes) is 1. The number of nitrogens with two attached hydrogens (primary N) is 2. The Hall–Kier alpha value is -5.94. The van der Waals surface area contributed by atoms with Crippen molar-refractivity contribution in [1.82, 2.24) is 30.2 Å². The lowest BCUT2D eigenvalue weighted by atomic mass is 9.83. The molecule has 0 radical (unpaired) electrons. The summed E-state index contributed by atoms with van der Waals surface area (Å²) < 4.78 is 0. The number of aromatic amines is 2. The normalized spacial score (nSPS) is 9.52. The summed E-state index contributed by atoms with van der Waals surface area (Å²) in [6.45, 7) is 45.7. The number of benzene rings is 3. The first-order valence-electron chi connectivity index (χ1n) is 23.1. The quantitative estimate of drug-likeness (QED) is 0.0430. The third kappa shape index (κ3) is 22.4. The first kappa shape index (κ1) is 64.7. The van der Waals surface area contributed by atoms with E-state index in [2.05, 4.69) is 153 Å². The zero-order valence-electron chi connectivity index (χ0n) is 41.7. The van der Waals surface area contributed by atoms with Crippen molar-refractivity contribution in [1.29, 1.82) is 0 Å². The van der Waals surface area contributed by atoms with E-state index in [1.54, 1.807) is 13.1 Å². The predicted octanol–water partition coefficient (Wildman–Crippen LogP) is 15.2. The summed E-state index contributed by atoms with van der Waals surface area (Å²) in [6, 6.07) is 16.1. The first-order chi connectivity index (χ1) is 30.6. The molecule has 0 amide bonds. The van der Waals surface area contributed by atoms with Crippen molar-refractivity contribution in [3.63, 3.8) is 0 Å². The Labute approximate surface area is 392 Å². The molecular formula is C56H92N8. The number of imidazole rings is 2. The van der Waals surface area contributed by atoms with E-state index < -0.39 is 0 Å². The van der Waals surface area contributed by atoms with Gasteiger partial charge in [-0.25, -0.2) is 9.97 Å². The monoisotopic (exact) mass is 877 g/mol. The number of rotatable bonds is 14. The average molecular weight is 877 g/mol. The second kappa shape index (κ2) is 41.1. The van der Waals surface area contributed by atoms with Crippen molar-refractivity contribution in [2.75, 3.05) is 13.1 Å². The Balaban J connectivity index is -0.000000637. The number of nitrogens with zero attached hydrogens (tertiary/aromatic N) is 3. The summed E-state index contributed by atoms with van der Waals surface area (Å²) in [6.07, 6.45) is 22.8. The van der Waals surface area contributed by atoms with Gasteiger partial charge >= 0.3 is 0 Å². The molecule has 3 aromatic carbocycles. The largest absolute Gasteiger partial charge is 0.405 e. The van der Waals surface area contributed by atoms with Crippen LogP contribution in [0.15, 0.2) is 112 Å². The van der Waals surface area contributed by atoms with Crippen molar-refractivity contribution in [2.45, 2.75) is 148 Å². The van der Waals surface area contributed by atoms with Crippen molar-refractivity contribution < 1.29 is 0 Å². The lowest BCUT2D eigenvalue weighted by molar-refractivity contribution is 0.319. The van der Waals surface area contributed by atoms with Crippen LogP contribution in [-0.2, 0) is 25.8 Å². The number of hydrogen-bond acceptors (Lipinski definition) is 6. The van der Waals surface area contributed by atoms with Crippen molar-refractivity contribution in [3.05, 3.63) is 135 Å². The van der Waals surface area contributed by atoms with E-state index in [0.29, 0.717) is 5.70 Å². The van der Waals surface area contributed by atoms with Crippen LogP contribution in [0.5, 0.6) is 0 Å². The molecule has 6 rings (SSSR count). The van der Waals surface area contributed by atoms with E-state index in [-0.39, 0.29) is 7.43 Å². The Morgan fingerprint density at radius 2 is 1.42 bits per heavy atom. The number of allylic oxidation sites excluding steroid dienone is 2. The number of hydrogen-bond donors (Lipinski definition) is 5. The molecule has 0 fully saturated rings. The van der Waals surface area contributed by atoms with E-state index in [0.717, 1.165) is 86.5 Å². The van der Waals surface area contributed by atoms with Gasteiger partial charge in [0.1, 0.15) is 11.6 Å². The highest BCUT2D eigenvalue weighted by molar-refractivity contribution is 6.06. The summed E-state index contributed by atoms with van der Waals surface area (Å²) in [5, 5.41) is 5.45. The molecule has 1 aliphatic carbocycles. The van der Waals surface area contributed by atoms with Crippen LogP contribution in [0.1, 0.15) is 145 Å². The number of fused-ring (bicyclic) bond motifs is 6. The predicted molar refractivity (Wildman–Crippen MR) is 291 cm³/mol. The van der Waals surface area contributed by atoms with Crippen LogP contribution in [-0.4, -0.2) is 37.9 Å². The van der Waals surface area contributed by atoms with E-state index in [1.165, 1.54) is 69.7 Å². The molecular weight excluding hydrogens is 785 g/mol. The third-order valence-corrected chi connectivity index (χ3v) is 8.87. The zero-order valence-corrected chi connectivity index (χ0v) is 41.7. The van der Waals surface area contributed by atoms with Crippen LogP contribution in [0.25, 0.3) is 44.2 Å².